The van der Waals surface area contributed by atoms with Crippen molar-refractivity contribution in [3.05, 3.63) is 35.4 Å². The van der Waals surface area contributed by atoms with E-state index in [1.54, 1.807) is 0 Å². The number of carboxylic acid groups (broad SMARTS) is 1. The fourth-order valence-corrected chi connectivity index (χ4v) is 3.22. The Morgan fingerprint density at radius 2 is 2.06 bits per heavy atom. The highest BCUT2D eigenvalue weighted by molar-refractivity contribution is 7.99. The minimum Gasteiger partial charge on any atom is -0.544 e. The van der Waals surface area contributed by atoms with Crippen molar-refractivity contribution in [2.45, 2.75) is 17.6 Å². The van der Waals surface area contributed by atoms with Gasteiger partial charge in [0.05, 0.1) is 11.3 Å². The van der Waals surface area contributed by atoms with Crippen LogP contribution in [0.3, 0.4) is 0 Å². The maximum Gasteiger partial charge on any atom is 0.416 e. The second-order valence-corrected chi connectivity index (χ2v) is 5.13. The number of alkyl halides is 3. The van der Waals surface area contributed by atoms with E-state index in [-0.39, 0.29) is 11.3 Å². The van der Waals surface area contributed by atoms with Gasteiger partial charge >= 0.3 is 6.18 Å². The molecule has 7 heteroatoms. The molecule has 0 unspecified atom stereocenters. The predicted octanol–water partition coefficient (Wildman–Crippen LogP) is 0.133. The lowest BCUT2D eigenvalue weighted by molar-refractivity contribution is -0.690. The molecule has 0 spiro atoms. The van der Waals surface area contributed by atoms with Crippen LogP contribution in [0.4, 0.5) is 13.2 Å². The third-order valence-corrected chi connectivity index (χ3v) is 4.06. The maximum atomic E-state index is 12.8. The van der Waals surface area contributed by atoms with Gasteiger partial charge in [-0.1, -0.05) is 30.0 Å². The lowest BCUT2D eigenvalue weighted by Gasteiger charge is -2.16. The first-order chi connectivity index (χ1) is 8.39. The van der Waals surface area contributed by atoms with Crippen molar-refractivity contribution in [2.24, 2.45) is 0 Å². The first kappa shape index (κ1) is 13.2. The molecule has 0 aromatic heterocycles. The normalized spacial score (nSPS) is 24.2. The number of rotatable bonds is 2. The van der Waals surface area contributed by atoms with Crippen molar-refractivity contribution >= 4 is 17.7 Å². The van der Waals surface area contributed by atoms with Crippen LogP contribution in [0, 0.1) is 0 Å². The first-order valence-electron chi connectivity index (χ1n) is 5.23. The molecule has 1 aromatic rings. The minimum atomic E-state index is -4.43. The smallest absolute Gasteiger partial charge is 0.416 e. The monoisotopic (exact) mass is 277 g/mol. The topological polar surface area (TPSA) is 56.7 Å². The molecule has 18 heavy (non-hydrogen) atoms. The molecule has 1 fully saturated rings. The summed E-state index contributed by atoms with van der Waals surface area (Å²) in [5, 5.41) is 11.5. The summed E-state index contributed by atoms with van der Waals surface area (Å²) in [6.45, 7) is 0. The van der Waals surface area contributed by atoms with E-state index in [4.69, 9.17) is 0 Å². The van der Waals surface area contributed by atoms with E-state index in [0.29, 0.717) is 0 Å². The summed E-state index contributed by atoms with van der Waals surface area (Å²) in [7, 11) is 0. The molecule has 1 aliphatic heterocycles. The fourth-order valence-electron chi connectivity index (χ4n) is 1.87. The van der Waals surface area contributed by atoms with Crippen LogP contribution in [0.25, 0.3) is 0 Å². The highest BCUT2D eigenvalue weighted by Gasteiger charge is 2.39. The molecule has 1 aromatic carbocycles. The lowest BCUT2D eigenvalue weighted by atomic mass is 10.1. The number of carbonyl (C=O) groups excluding carboxylic acids is 1. The van der Waals surface area contributed by atoms with E-state index in [9.17, 15) is 23.1 Å². The summed E-state index contributed by atoms with van der Waals surface area (Å²) in [5.41, 5.74) is -0.600. The minimum absolute atomic E-state index is 0.110. The Morgan fingerprint density at radius 3 is 2.61 bits per heavy atom. The highest BCUT2D eigenvalue weighted by Crippen LogP contribution is 2.37. The number of hydrogen-bond acceptors (Lipinski definition) is 3. The standard InChI is InChI=1S/C11H10F3NO2S/c12-11(13,14)7-4-2-1-3-6(7)9-15-8(5-18-9)10(16)17/h1-4,8-9,15H,5H2,(H,16,17)/t8-,9-/m0/s1. The third kappa shape index (κ3) is 2.62. The average Bonchev–Trinajstić information content (AvgIpc) is 2.77. The predicted molar refractivity (Wildman–Crippen MR) is 57.4 cm³/mol. The number of carboxylic acids is 1. The van der Waals surface area contributed by atoms with Crippen LogP contribution < -0.4 is 10.4 Å². The first-order valence-corrected chi connectivity index (χ1v) is 6.28. The SMILES string of the molecule is O=C([O-])[C@@H]1CS[C@@H](c2ccccc2C(F)(F)F)[NH2+]1. The van der Waals surface area contributed by atoms with Crippen LogP contribution >= 0.6 is 11.8 Å². The number of hydrogen-bond donors (Lipinski definition) is 1. The zero-order valence-corrected chi connectivity index (χ0v) is 9.92. The molecule has 1 heterocycles. The van der Waals surface area contributed by atoms with Crippen molar-refractivity contribution in [3.8, 4) is 0 Å². The Bertz CT molecular complexity index is 464. The van der Waals surface area contributed by atoms with Gasteiger partial charge < -0.3 is 15.2 Å². The van der Waals surface area contributed by atoms with Crippen LogP contribution in [0.15, 0.2) is 24.3 Å². The molecular weight excluding hydrogens is 267 g/mol. The number of nitrogens with two attached hydrogens (primary N) is 1. The zero-order valence-electron chi connectivity index (χ0n) is 9.11. The van der Waals surface area contributed by atoms with Gasteiger partial charge in [0.15, 0.2) is 5.37 Å². The van der Waals surface area contributed by atoms with Crippen molar-refractivity contribution in [1.29, 1.82) is 0 Å². The van der Waals surface area contributed by atoms with Gasteiger partial charge in [-0.25, -0.2) is 0 Å². The third-order valence-electron chi connectivity index (χ3n) is 2.74. The quantitative estimate of drug-likeness (QED) is 0.836. The van der Waals surface area contributed by atoms with Gasteiger partial charge in [0.2, 0.25) is 0 Å². The van der Waals surface area contributed by atoms with Crippen LogP contribution in [0.1, 0.15) is 16.5 Å². The number of quaternary nitrogens is 1. The molecule has 2 atom stereocenters. The summed E-state index contributed by atoms with van der Waals surface area (Å²) in [6, 6.07) is 4.44. The number of benzene rings is 1. The summed E-state index contributed by atoms with van der Waals surface area (Å²) in [5.74, 6) is -0.992. The van der Waals surface area contributed by atoms with Gasteiger partial charge in [-0.3, -0.25) is 0 Å². The van der Waals surface area contributed by atoms with Crippen molar-refractivity contribution in [2.75, 3.05) is 5.75 Å². The van der Waals surface area contributed by atoms with E-state index >= 15 is 0 Å². The van der Waals surface area contributed by atoms with Crippen molar-refractivity contribution in [3.63, 3.8) is 0 Å². The van der Waals surface area contributed by atoms with Gasteiger partial charge in [0.1, 0.15) is 12.0 Å². The Labute approximate surface area is 105 Å². The molecule has 2 N–H and O–H groups in total. The van der Waals surface area contributed by atoms with Crippen molar-refractivity contribution in [1.82, 2.24) is 0 Å². The number of carbonyl (C=O) groups is 1. The van der Waals surface area contributed by atoms with E-state index in [2.05, 4.69) is 0 Å². The molecule has 0 radical (unpaired) electrons. The van der Waals surface area contributed by atoms with Gasteiger partial charge in [-0.05, 0) is 6.07 Å². The molecule has 3 nitrogen and oxygen atoms in total. The van der Waals surface area contributed by atoms with E-state index in [0.717, 1.165) is 6.07 Å². The fraction of sp³-hybridized carbons (Fsp3) is 0.364. The van der Waals surface area contributed by atoms with Gasteiger partial charge in [-0.15, -0.1) is 0 Å². The van der Waals surface area contributed by atoms with E-state index in [1.165, 1.54) is 35.3 Å². The molecule has 0 saturated carbocycles. The molecule has 0 aliphatic carbocycles. The molecule has 1 aliphatic rings. The number of aliphatic carboxylic acids is 1. The van der Waals surface area contributed by atoms with Gasteiger partial charge in [0.25, 0.3) is 0 Å². The van der Waals surface area contributed by atoms with E-state index < -0.39 is 29.1 Å². The Hall–Kier alpha value is -1.21. The Morgan fingerprint density at radius 1 is 1.39 bits per heavy atom. The lowest BCUT2D eigenvalue weighted by Crippen LogP contribution is -2.90. The summed E-state index contributed by atoms with van der Waals surface area (Å²) < 4.78 is 38.4. The molecule has 2 rings (SSSR count). The second-order valence-electron chi connectivity index (χ2n) is 3.96. The number of halogens is 3. The second kappa shape index (κ2) is 4.81. The van der Waals surface area contributed by atoms with E-state index in [1.807, 2.05) is 0 Å². The summed E-state index contributed by atoms with van der Waals surface area (Å²) in [4.78, 5) is 10.7. The Balaban J connectivity index is 2.27. The molecular formula is C11H10F3NO2S. The molecule has 0 bridgehead atoms. The Kier molecular flexibility index (Phi) is 3.54. The van der Waals surface area contributed by atoms with Crippen LogP contribution in [0.5, 0.6) is 0 Å². The highest BCUT2D eigenvalue weighted by atomic mass is 32.2. The average molecular weight is 277 g/mol. The molecule has 0 amide bonds. The summed E-state index contributed by atoms with van der Waals surface area (Å²) in [6.07, 6.45) is -4.43. The molecule has 1 saturated heterocycles. The zero-order chi connectivity index (χ0) is 13.3. The maximum absolute atomic E-state index is 12.8. The van der Waals surface area contributed by atoms with Crippen LogP contribution in [-0.4, -0.2) is 17.8 Å². The molecule has 98 valence electrons. The van der Waals surface area contributed by atoms with Crippen LogP contribution in [-0.2, 0) is 11.0 Å². The van der Waals surface area contributed by atoms with Crippen molar-refractivity contribution < 1.29 is 28.4 Å². The van der Waals surface area contributed by atoms with Gasteiger partial charge in [-0.2, -0.15) is 13.2 Å². The number of thioether (sulfide) groups is 1. The largest absolute Gasteiger partial charge is 0.544 e. The summed E-state index contributed by atoms with van der Waals surface area (Å²) >= 11 is 1.19. The van der Waals surface area contributed by atoms with Gasteiger partial charge in [0, 0.05) is 5.56 Å². The van der Waals surface area contributed by atoms with Crippen LogP contribution in [0.2, 0.25) is 0 Å².